The highest BCUT2D eigenvalue weighted by molar-refractivity contribution is 7.86. The lowest BCUT2D eigenvalue weighted by Crippen LogP contribution is -2.34. The Morgan fingerprint density at radius 3 is 2.21 bits per heavy atom. The van der Waals surface area contributed by atoms with Gasteiger partial charge in [-0.3, -0.25) is 9.59 Å². The van der Waals surface area contributed by atoms with Crippen LogP contribution in [0.2, 0.25) is 0 Å². The third-order valence-electron chi connectivity index (χ3n) is 1.69. The molecule has 0 aromatic carbocycles. The molecular formula is C8H14O4S2. The first-order valence-electron chi connectivity index (χ1n) is 4.19. The summed E-state index contributed by atoms with van der Waals surface area (Å²) in [6.45, 7) is 3.59. The minimum Gasteiger partial charge on any atom is -0.480 e. The first kappa shape index (κ1) is 13.6. The Labute approximate surface area is 93.8 Å². The van der Waals surface area contributed by atoms with E-state index in [9.17, 15) is 9.59 Å². The minimum absolute atomic E-state index is 0.230. The molecule has 0 aliphatic rings. The number of thiol groups is 2. The van der Waals surface area contributed by atoms with Crippen LogP contribution in [0.25, 0.3) is 0 Å². The van der Waals surface area contributed by atoms with E-state index in [1.54, 1.807) is 6.92 Å². The molecule has 3 atom stereocenters. The molecule has 0 aromatic rings. The summed E-state index contributed by atoms with van der Waals surface area (Å²) in [4.78, 5) is 21.7. The van der Waals surface area contributed by atoms with Crippen LogP contribution in [0.5, 0.6) is 0 Å². The van der Waals surface area contributed by atoms with Gasteiger partial charge in [-0.1, -0.05) is 6.92 Å². The van der Waals surface area contributed by atoms with Gasteiger partial charge >= 0.3 is 11.9 Å². The number of carboxylic acid groups (broad SMARTS) is 1. The second kappa shape index (κ2) is 6.19. The van der Waals surface area contributed by atoms with Gasteiger partial charge in [-0.2, -0.15) is 25.3 Å². The van der Waals surface area contributed by atoms with Crippen LogP contribution in [-0.2, 0) is 14.3 Å². The quantitative estimate of drug-likeness (QED) is 0.494. The summed E-state index contributed by atoms with van der Waals surface area (Å²) in [7, 11) is 0. The number of aliphatic carboxylic acids is 1. The summed E-state index contributed by atoms with van der Waals surface area (Å²) < 4.78 is 4.91. The van der Waals surface area contributed by atoms with Gasteiger partial charge in [-0.05, 0) is 13.3 Å². The van der Waals surface area contributed by atoms with Crippen LogP contribution in [0, 0.1) is 0 Å². The second-order valence-electron chi connectivity index (χ2n) is 2.88. The van der Waals surface area contributed by atoms with Crippen LogP contribution < -0.4 is 0 Å². The van der Waals surface area contributed by atoms with Crippen molar-refractivity contribution >= 4 is 37.2 Å². The summed E-state index contributed by atoms with van der Waals surface area (Å²) >= 11 is 7.58. The SMILES string of the molecule is CCC(C)OC(=O)C(S)C(S)C(=O)O. The lowest BCUT2D eigenvalue weighted by atomic mass is 10.3. The molecule has 0 aliphatic carbocycles. The fourth-order valence-corrected chi connectivity index (χ4v) is 0.925. The highest BCUT2D eigenvalue weighted by Crippen LogP contribution is 2.12. The molecule has 0 bridgehead atoms. The lowest BCUT2D eigenvalue weighted by Gasteiger charge is -2.16. The van der Waals surface area contributed by atoms with Gasteiger partial charge in [0.2, 0.25) is 0 Å². The van der Waals surface area contributed by atoms with Crippen LogP contribution in [0.3, 0.4) is 0 Å². The molecule has 82 valence electrons. The van der Waals surface area contributed by atoms with Crippen molar-refractivity contribution in [3.8, 4) is 0 Å². The maximum atomic E-state index is 11.2. The summed E-state index contributed by atoms with van der Waals surface area (Å²) in [6, 6.07) is 0. The minimum atomic E-state index is -1.19. The number of carbonyl (C=O) groups is 2. The zero-order chi connectivity index (χ0) is 11.3. The summed E-state index contributed by atoms with van der Waals surface area (Å²) in [5, 5.41) is 6.38. The Kier molecular flexibility index (Phi) is 6.03. The van der Waals surface area contributed by atoms with E-state index in [0.717, 1.165) is 0 Å². The van der Waals surface area contributed by atoms with Crippen molar-refractivity contribution in [1.29, 1.82) is 0 Å². The largest absolute Gasteiger partial charge is 0.480 e. The van der Waals surface area contributed by atoms with Gasteiger partial charge < -0.3 is 9.84 Å². The standard InChI is InChI=1S/C8H14O4S2/c1-3-4(2)12-8(11)6(14)5(13)7(9)10/h4-6,13-14H,3H2,1-2H3,(H,9,10). The molecule has 4 nitrogen and oxygen atoms in total. The van der Waals surface area contributed by atoms with Gasteiger partial charge in [0.1, 0.15) is 10.5 Å². The molecule has 3 unspecified atom stereocenters. The number of carboxylic acids is 1. The Morgan fingerprint density at radius 1 is 1.36 bits per heavy atom. The van der Waals surface area contributed by atoms with Gasteiger partial charge in [0, 0.05) is 0 Å². The van der Waals surface area contributed by atoms with Crippen LogP contribution >= 0.6 is 25.3 Å². The average molecular weight is 238 g/mol. The molecule has 0 aliphatic heterocycles. The summed E-state index contributed by atoms with van der Waals surface area (Å²) in [6.07, 6.45) is 0.447. The lowest BCUT2D eigenvalue weighted by molar-refractivity contribution is -0.150. The Morgan fingerprint density at radius 2 is 1.86 bits per heavy atom. The number of hydrogen-bond donors (Lipinski definition) is 3. The zero-order valence-electron chi connectivity index (χ0n) is 8.01. The van der Waals surface area contributed by atoms with Gasteiger partial charge in [0.25, 0.3) is 0 Å². The first-order valence-corrected chi connectivity index (χ1v) is 5.22. The van der Waals surface area contributed by atoms with Gasteiger partial charge in [0.15, 0.2) is 0 Å². The molecule has 14 heavy (non-hydrogen) atoms. The average Bonchev–Trinajstić information content (AvgIpc) is 2.14. The molecule has 0 rings (SSSR count). The van der Waals surface area contributed by atoms with Crippen LogP contribution in [0.1, 0.15) is 20.3 Å². The van der Waals surface area contributed by atoms with Crippen molar-refractivity contribution in [2.75, 3.05) is 0 Å². The molecule has 0 fully saturated rings. The number of hydrogen-bond acceptors (Lipinski definition) is 5. The number of esters is 1. The predicted octanol–water partition coefficient (Wildman–Crippen LogP) is 1.01. The maximum Gasteiger partial charge on any atom is 0.320 e. The molecule has 0 heterocycles. The van der Waals surface area contributed by atoms with Crippen LogP contribution in [-0.4, -0.2) is 33.6 Å². The van der Waals surface area contributed by atoms with Crippen molar-refractivity contribution < 1.29 is 19.4 Å². The fraction of sp³-hybridized carbons (Fsp3) is 0.750. The molecule has 0 aromatic heterocycles. The van der Waals surface area contributed by atoms with E-state index < -0.39 is 22.4 Å². The van der Waals surface area contributed by atoms with Crippen LogP contribution in [0.15, 0.2) is 0 Å². The molecule has 0 saturated heterocycles. The molecule has 0 spiro atoms. The fourth-order valence-electron chi connectivity index (χ4n) is 0.615. The third-order valence-corrected chi connectivity index (χ3v) is 2.95. The Hall–Kier alpha value is -0.360. The van der Waals surface area contributed by atoms with E-state index in [-0.39, 0.29) is 6.10 Å². The van der Waals surface area contributed by atoms with Crippen molar-refractivity contribution in [1.82, 2.24) is 0 Å². The van der Waals surface area contributed by atoms with Crippen molar-refractivity contribution in [2.45, 2.75) is 36.9 Å². The topological polar surface area (TPSA) is 63.6 Å². The highest BCUT2D eigenvalue weighted by atomic mass is 32.1. The molecule has 6 heteroatoms. The van der Waals surface area contributed by atoms with E-state index in [1.165, 1.54) is 0 Å². The molecular weight excluding hydrogens is 224 g/mol. The van der Waals surface area contributed by atoms with Crippen LogP contribution in [0.4, 0.5) is 0 Å². The van der Waals surface area contributed by atoms with Gasteiger partial charge in [-0.25, -0.2) is 0 Å². The highest BCUT2D eigenvalue weighted by Gasteiger charge is 2.29. The van der Waals surface area contributed by atoms with E-state index in [4.69, 9.17) is 9.84 Å². The van der Waals surface area contributed by atoms with Gasteiger partial charge in [-0.15, -0.1) is 0 Å². The Bertz CT molecular complexity index is 219. The number of ether oxygens (including phenoxy) is 1. The van der Waals surface area contributed by atoms with Crippen molar-refractivity contribution in [3.05, 3.63) is 0 Å². The first-order chi connectivity index (χ1) is 6.40. The molecule has 1 N–H and O–H groups in total. The Balaban J connectivity index is 4.18. The monoisotopic (exact) mass is 238 g/mol. The molecule has 0 radical (unpaired) electrons. The van der Waals surface area contributed by atoms with Crippen molar-refractivity contribution in [2.24, 2.45) is 0 Å². The number of carbonyl (C=O) groups excluding carboxylic acids is 1. The normalized spacial score (nSPS) is 16.9. The second-order valence-corrected chi connectivity index (χ2v) is 4.00. The van der Waals surface area contributed by atoms with E-state index >= 15 is 0 Å². The predicted molar refractivity (Wildman–Crippen MR) is 59.0 cm³/mol. The van der Waals surface area contributed by atoms with Crippen molar-refractivity contribution in [3.63, 3.8) is 0 Å². The number of rotatable bonds is 5. The molecule has 0 saturated carbocycles. The summed E-state index contributed by atoms with van der Waals surface area (Å²) in [5.41, 5.74) is 0. The molecule has 0 amide bonds. The third kappa shape index (κ3) is 4.23. The zero-order valence-corrected chi connectivity index (χ0v) is 9.79. The maximum absolute atomic E-state index is 11.2. The van der Waals surface area contributed by atoms with E-state index in [2.05, 4.69) is 25.3 Å². The summed E-state index contributed by atoms with van der Waals surface area (Å²) in [5.74, 6) is -1.83. The van der Waals surface area contributed by atoms with E-state index in [0.29, 0.717) is 6.42 Å². The van der Waals surface area contributed by atoms with Gasteiger partial charge in [0.05, 0.1) is 6.10 Å². The van der Waals surface area contributed by atoms with E-state index in [1.807, 2.05) is 6.92 Å². The smallest absolute Gasteiger partial charge is 0.320 e.